The first-order valence-corrected chi connectivity index (χ1v) is 8.92. The van der Waals surface area contributed by atoms with Gasteiger partial charge in [0.1, 0.15) is 0 Å². The van der Waals surface area contributed by atoms with Gasteiger partial charge in [-0.05, 0) is 36.6 Å². The van der Waals surface area contributed by atoms with Crippen LogP contribution in [0.25, 0.3) is 28.3 Å². The summed E-state index contributed by atoms with van der Waals surface area (Å²) in [4.78, 5) is 22.5. The minimum absolute atomic E-state index is 0.404. The molecule has 0 N–H and O–H groups in total. The Labute approximate surface area is 158 Å². The van der Waals surface area contributed by atoms with Crippen LogP contribution in [0.4, 0.5) is 0 Å². The normalized spacial score (nSPS) is 20.8. The molecule has 0 aromatic carbocycles. The largest absolute Gasteiger partial charge is 0.264 e. The molecule has 0 radical (unpaired) electrons. The molecular formula is C22H19N5. The molecular weight excluding hydrogens is 334 g/mol. The molecule has 0 bridgehead atoms. The van der Waals surface area contributed by atoms with E-state index in [1.165, 1.54) is 0 Å². The standard InChI is InChI=1S/C22H19N5/c1-16-7-3-2-4-8-17(13-16)20-25-21(18-9-5-11-23-14-18)27-22(26-20)19-10-6-12-24-15-19/h2-6,8-16H,7H2,1H3/b3-2+,8-4-,17-13+. The fourth-order valence-electron chi connectivity index (χ4n) is 2.86. The Morgan fingerprint density at radius 1 is 0.815 bits per heavy atom. The van der Waals surface area contributed by atoms with Crippen LogP contribution in [0.15, 0.2) is 79.4 Å². The second-order valence-corrected chi connectivity index (χ2v) is 6.41. The van der Waals surface area contributed by atoms with E-state index in [0.717, 1.165) is 23.1 Å². The Hall–Kier alpha value is -3.47. The summed E-state index contributed by atoms with van der Waals surface area (Å²) in [5.41, 5.74) is 2.70. The van der Waals surface area contributed by atoms with Gasteiger partial charge in [-0.25, -0.2) is 15.0 Å². The van der Waals surface area contributed by atoms with E-state index in [1.54, 1.807) is 24.8 Å². The summed E-state index contributed by atoms with van der Waals surface area (Å²) in [6.07, 6.45) is 18.5. The highest BCUT2D eigenvalue weighted by atomic mass is 15.0. The lowest BCUT2D eigenvalue weighted by atomic mass is 10.0. The van der Waals surface area contributed by atoms with E-state index in [4.69, 9.17) is 9.97 Å². The molecule has 1 unspecified atom stereocenters. The first-order valence-electron chi connectivity index (χ1n) is 8.92. The van der Waals surface area contributed by atoms with Gasteiger partial charge < -0.3 is 0 Å². The molecule has 0 spiro atoms. The van der Waals surface area contributed by atoms with Crippen molar-refractivity contribution < 1.29 is 0 Å². The topological polar surface area (TPSA) is 64.5 Å². The van der Waals surface area contributed by atoms with Crippen molar-refractivity contribution in [1.82, 2.24) is 24.9 Å². The number of aromatic nitrogens is 5. The molecule has 3 aromatic rings. The Morgan fingerprint density at radius 3 is 2.04 bits per heavy atom. The molecule has 132 valence electrons. The van der Waals surface area contributed by atoms with E-state index in [9.17, 15) is 0 Å². The van der Waals surface area contributed by atoms with Gasteiger partial charge in [0.05, 0.1) is 0 Å². The molecule has 0 aliphatic heterocycles. The molecule has 5 nitrogen and oxygen atoms in total. The van der Waals surface area contributed by atoms with Crippen LogP contribution in [0.5, 0.6) is 0 Å². The molecule has 3 aromatic heterocycles. The third kappa shape index (κ3) is 4.03. The highest BCUT2D eigenvalue weighted by Gasteiger charge is 2.13. The minimum atomic E-state index is 0.404. The Bertz CT molecular complexity index is 950. The van der Waals surface area contributed by atoms with Crippen LogP contribution in [-0.2, 0) is 0 Å². The summed E-state index contributed by atoms with van der Waals surface area (Å²) in [7, 11) is 0. The molecule has 0 saturated carbocycles. The third-order valence-electron chi connectivity index (χ3n) is 4.23. The smallest absolute Gasteiger partial charge is 0.165 e. The van der Waals surface area contributed by atoms with Crippen molar-refractivity contribution in [1.29, 1.82) is 0 Å². The maximum absolute atomic E-state index is 4.73. The van der Waals surface area contributed by atoms with Crippen LogP contribution in [-0.4, -0.2) is 24.9 Å². The zero-order valence-electron chi connectivity index (χ0n) is 15.0. The molecule has 0 fully saturated rings. The van der Waals surface area contributed by atoms with Gasteiger partial charge in [0.15, 0.2) is 17.5 Å². The lowest BCUT2D eigenvalue weighted by molar-refractivity contribution is 0.744. The van der Waals surface area contributed by atoms with Crippen molar-refractivity contribution in [2.75, 3.05) is 0 Å². The molecule has 27 heavy (non-hydrogen) atoms. The average Bonchev–Trinajstić information content (AvgIpc) is 2.71. The van der Waals surface area contributed by atoms with Crippen LogP contribution in [0.1, 0.15) is 19.2 Å². The van der Waals surface area contributed by atoms with E-state index >= 15 is 0 Å². The van der Waals surface area contributed by atoms with Crippen molar-refractivity contribution in [3.05, 3.63) is 85.3 Å². The van der Waals surface area contributed by atoms with Gasteiger partial charge in [0.25, 0.3) is 0 Å². The van der Waals surface area contributed by atoms with Crippen LogP contribution in [0.3, 0.4) is 0 Å². The Kier molecular flexibility index (Phi) is 4.92. The molecule has 4 rings (SSSR count). The van der Waals surface area contributed by atoms with Crippen LogP contribution in [0.2, 0.25) is 0 Å². The van der Waals surface area contributed by atoms with Crippen molar-refractivity contribution >= 4 is 5.57 Å². The Morgan fingerprint density at radius 2 is 1.44 bits per heavy atom. The van der Waals surface area contributed by atoms with Crippen molar-refractivity contribution in [2.45, 2.75) is 13.3 Å². The zero-order chi connectivity index (χ0) is 18.5. The van der Waals surface area contributed by atoms with Gasteiger partial charge in [-0.15, -0.1) is 0 Å². The molecule has 1 aliphatic rings. The molecule has 3 heterocycles. The monoisotopic (exact) mass is 353 g/mol. The number of allylic oxidation sites excluding steroid dienone is 6. The summed E-state index contributed by atoms with van der Waals surface area (Å²) in [5, 5.41) is 0. The predicted octanol–water partition coefficient (Wildman–Crippen LogP) is 4.53. The van der Waals surface area contributed by atoms with Crippen LogP contribution >= 0.6 is 0 Å². The first kappa shape index (κ1) is 17.0. The van der Waals surface area contributed by atoms with Gasteiger partial charge in [-0.1, -0.05) is 37.3 Å². The predicted molar refractivity (Wildman–Crippen MR) is 106 cm³/mol. The van der Waals surface area contributed by atoms with Gasteiger partial charge in [-0.2, -0.15) is 0 Å². The summed E-state index contributed by atoms with van der Waals surface area (Å²) >= 11 is 0. The Balaban J connectivity index is 1.88. The zero-order valence-corrected chi connectivity index (χ0v) is 15.0. The second-order valence-electron chi connectivity index (χ2n) is 6.41. The summed E-state index contributed by atoms with van der Waals surface area (Å²) in [5.74, 6) is 2.26. The number of rotatable bonds is 3. The minimum Gasteiger partial charge on any atom is -0.264 e. The number of pyridine rings is 2. The van der Waals surface area contributed by atoms with Gasteiger partial charge >= 0.3 is 0 Å². The SMILES string of the molecule is CC1\C=C(c2nc(-c3cccnc3)nc(-c3cccnc3)n2)/C=C\C=C\C1. The van der Waals surface area contributed by atoms with Gasteiger partial charge in [0.2, 0.25) is 0 Å². The molecule has 0 saturated heterocycles. The molecule has 5 heteroatoms. The quantitative estimate of drug-likeness (QED) is 0.692. The summed E-state index contributed by atoms with van der Waals surface area (Å²) < 4.78 is 0. The molecule has 1 aliphatic carbocycles. The van der Waals surface area contributed by atoms with Gasteiger partial charge in [-0.3, -0.25) is 9.97 Å². The fraction of sp³-hybridized carbons (Fsp3) is 0.136. The second kappa shape index (κ2) is 7.83. The van der Waals surface area contributed by atoms with E-state index < -0.39 is 0 Å². The summed E-state index contributed by atoms with van der Waals surface area (Å²) in [6.45, 7) is 2.19. The maximum atomic E-state index is 4.73. The highest BCUT2D eigenvalue weighted by Crippen LogP contribution is 2.24. The van der Waals surface area contributed by atoms with Crippen LogP contribution in [0, 0.1) is 5.92 Å². The third-order valence-corrected chi connectivity index (χ3v) is 4.23. The first-order chi connectivity index (χ1) is 13.3. The highest BCUT2D eigenvalue weighted by molar-refractivity contribution is 5.73. The van der Waals surface area contributed by atoms with E-state index in [2.05, 4.69) is 40.1 Å². The van der Waals surface area contributed by atoms with E-state index in [1.807, 2.05) is 36.4 Å². The average molecular weight is 353 g/mol. The fourth-order valence-corrected chi connectivity index (χ4v) is 2.86. The van der Waals surface area contributed by atoms with E-state index in [0.29, 0.717) is 23.4 Å². The number of nitrogens with zero attached hydrogens (tertiary/aromatic N) is 5. The molecule has 0 amide bonds. The van der Waals surface area contributed by atoms with Crippen molar-refractivity contribution in [3.8, 4) is 22.8 Å². The molecule has 1 atom stereocenters. The number of hydrogen-bond donors (Lipinski definition) is 0. The van der Waals surface area contributed by atoms with Crippen molar-refractivity contribution in [3.63, 3.8) is 0 Å². The lowest BCUT2D eigenvalue weighted by Crippen LogP contribution is -2.03. The van der Waals surface area contributed by atoms with Crippen molar-refractivity contribution in [2.24, 2.45) is 5.92 Å². The van der Waals surface area contributed by atoms with Crippen LogP contribution < -0.4 is 0 Å². The lowest BCUT2D eigenvalue weighted by Gasteiger charge is -2.11. The number of hydrogen-bond acceptors (Lipinski definition) is 5. The maximum Gasteiger partial charge on any atom is 0.165 e. The van der Waals surface area contributed by atoms with Gasteiger partial charge in [0, 0.05) is 41.5 Å². The van der Waals surface area contributed by atoms with E-state index in [-0.39, 0.29) is 0 Å². The summed E-state index contributed by atoms with van der Waals surface area (Å²) in [6, 6.07) is 7.66.